The molecule has 0 aliphatic carbocycles. The van der Waals surface area contributed by atoms with Crippen molar-refractivity contribution in [2.45, 2.75) is 25.0 Å². The second kappa shape index (κ2) is 6.98. The largest absolute Gasteiger partial charge is 0.381 e. The van der Waals surface area contributed by atoms with Gasteiger partial charge in [-0.05, 0) is 31.2 Å². The minimum Gasteiger partial charge on any atom is -0.381 e. The van der Waals surface area contributed by atoms with Crippen LogP contribution in [0.5, 0.6) is 0 Å². The predicted molar refractivity (Wildman–Crippen MR) is 72.2 cm³/mol. The summed E-state index contributed by atoms with van der Waals surface area (Å²) >= 11 is 0. The van der Waals surface area contributed by atoms with Gasteiger partial charge in [-0.25, -0.2) is 14.3 Å². The Kier molecular flexibility index (Phi) is 5.56. The van der Waals surface area contributed by atoms with Crippen LogP contribution in [-0.4, -0.2) is 40.2 Å². The standard InChI is InChI=1S/C14H14F2N2O4/c1-3-8-4-6-9(7-5-8)11(19)17-10(12(20)18-22)14(2,21)13(15)16/h1,4-7,10,13,21-22H,2H3,(H,17,19)(H,18,20). The number of aliphatic hydroxyl groups is 1. The zero-order valence-electron chi connectivity index (χ0n) is 11.5. The number of benzene rings is 1. The lowest BCUT2D eigenvalue weighted by atomic mass is 9.95. The summed E-state index contributed by atoms with van der Waals surface area (Å²) < 4.78 is 25.7. The zero-order valence-corrected chi connectivity index (χ0v) is 11.5. The van der Waals surface area contributed by atoms with E-state index in [4.69, 9.17) is 11.6 Å². The maximum atomic E-state index is 12.8. The molecule has 0 bridgehead atoms. The van der Waals surface area contributed by atoms with E-state index in [0.717, 1.165) is 5.48 Å². The lowest BCUT2D eigenvalue weighted by Gasteiger charge is -2.30. The molecule has 2 atom stereocenters. The summed E-state index contributed by atoms with van der Waals surface area (Å²) in [5.41, 5.74) is -1.20. The fourth-order valence-electron chi connectivity index (χ4n) is 1.60. The molecule has 1 aromatic rings. The van der Waals surface area contributed by atoms with Crippen molar-refractivity contribution < 1.29 is 28.7 Å². The van der Waals surface area contributed by atoms with Crippen molar-refractivity contribution in [1.29, 1.82) is 0 Å². The Morgan fingerprint density at radius 1 is 1.32 bits per heavy atom. The van der Waals surface area contributed by atoms with Gasteiger partial charge in [0.2, 0.25) is 0 Å². The Hall–Kier alpha value is -2.50. The van der Waals surface area contributed by atoms with E-state index in [-0.39, 0.29) is 5.56 Å². The number of rotatable bonds is 5. The minimum atomic E-state index is -3.33. The molecular formula is C14H14F2N2O4. The molecule has 1 aromatic carbocycles. The average Bonchev–Trinajstić information content (AvgIpc) is 2.51. The highest BCUT2D eigenvalue weighted by Crippen LogP contribution is 2.20. The van der Waals surface area contributed by atoms with Crippen LogP contribution in [0.4, 0.5) is 8.78 Å². The fraction of sp³-hybridized carbons (Fsp3) is 0.286. The molecule has 0 aromatic heterocycles. The van der Waals surface area contributed by atoms with E-state index < -0.39 is 29.9 Å². The van der Waals surface area contributed by atoms with Crippen LogP contribution in [0, 0.1) is 12.3 Å². The summed E-state index contributed by atoms with van der Waals surface area (Å²) in [6, 6.07) is 3.49. The summed E-state index contributed by atoms with van der Waals surface area (Å²) in [6.45, 7) is 0.666. The van der Waals surface area contributed by atoms with Crippen molar-refractivity contribution in [2.75, 3.05) is 0 Å². The lowest BCUT2D eigenvalue weighted by molar-refractivity contribution is -0.149. The minimum absolute atomic E-state index is 0.0415. The highest BCUT2D eigenvalue weighted by atomic mass is 19.3. The molecule has 1 rings (SSSR count). The monoisotopic (exact) mass is 312 g/mol. The number of alkyl halides is 2. The molecule has 0 spiro atoms. The second-order valence-electron chi connectivity index (χ2n) is 4.63. The van der Waals surface area contributed by atoms with Crippen LogP contribution in [0.3, 0.4) is 0 Å². The smallest absolute Gasteiger partial charge is 0.269 e. The molecular weight excluding hydrogens is 298 g/mol. The van der Waals surface area contributed by atoms with Gasteiger partial charge in [-0.3, -0.25) is 14.8 Å². The molecule has 4 N–H and O–H groups in total. The van der Waals surface area contributed by atoms with Crippen molar-refractivity contribution in [2.24, 2.45) is 0 Å². The Morgan fingerprint density at radius 2 is 1.86 bits per heavy atom. The van der Waals surface area contributed by atoms with Crippen molar-refractivity contribution in [3.63, 3.8) is 0 Å². The SMILES string of the molecule is C#Cc1ccc(C(=O)NC(C(=O)NO)C(C)(O)C(F)F)cc1. The maximum absolute atomic E-state index is 12.8. The van der Waals surface area contributed by atoms with E-state index in [1.807, 2.05) is 5.32 Å². The Balaban J connectivity index is 3.01. The third kappa shape index (κ3) is 3.78. The number of halogens is 2. The second-order valence-corrected chi connectivity index (χ2v) is 4.63. The van der Waals surface area contributed by atoms with Gasteiger partial charge in [-0.1, -0.05) is 5.92 Å². The van der Waals surface area contributed by atoms with E-state index in [0.29, 0.717) is 12.5 Å². The molecule has 0 fully saturated rings. The van der Waals surface area contributed by atoms with E-state index in [1.54, 1.807) is 0 Å². The Labute approximate surface area is 125 Å². The lowest BCUT2D eigenvalue weighted by Crippen LogP contribution is -2.61. The van der Waals surface area contributed by atoms with Gasteiger partial charge < -0.3 is 10.4 Å². The molecule has 0 heterocycles. The van der Waals surface area contributed by atoms with Crippen LogP contribution in [0.1, 0.15) is 22.8 Å². The Bertz CT molecular complexity index is 594. The van der Waals surface area contributed by atoms with Gasteiger partial charge >= 0.3 is 0 Å². The van der Waals surface area contributed by atoms with Gasteiger partial charge in [0.25, 0.3) is 18.2 Å². The summed E-state index contributed by atoms with van der Waals surface area (Å²) in [5, 5.41) is 20.2. The Morgan fingerprint density at radius 3 is 2.27 bits per heavy atom. The number of carbonyl (C=O) groups is 2. The number of carbonyl (C=O) groups excluding carboxylic acids is 2. The molecule has 2 amide bonds. The zero-order chi connectivity index (χ0) is 16.9. The summed E-state index contributed by atoms with van der Waals surface area (Å²) in [6.07, 6.45) is 1.82. The molecule has 0 saturated carbocycles. The van der Waals surface area contributed by atoms with Crippen LogP contribution < -0.4 is 10.8 Å². The average molecular weight is 312 g/mol. The first-order chi connectivity index (χ1) is 10.2. The van der Waals surface area contributed by atoms with Gasteiger partial charge in [0, 0.05) is 11.1 Å². The number of hydroxylamine groups is 1. The van der Waals surface area contributed by atoms with Crippen molar-refractivity contribution >= 4 is 11.8 Å². The van der Waals surface area contributed by atoms with Gasteiger partial charge in [0.1, 0.15) is 6.04 Å². The van der Waals surface area contributed by atoms with Gasteiger partial charge in [0.15, 0.2) is 5.60 Å². The summed E-state index contributed by atoms with van der Waals surface area (Å²) in [7, 11) is 0. The van der Waals surface area contributed by atoms with Crippen molar-refractivity contribution in [3.05, 3.63) is 35.4 Å². The van der Waals surface area contributed by atoms with Crippen LogP contribution in [0.2, 0.25) is 0 Å². The molecule has 0 aliphatic heterocycles. The molecule has 0 aliphatic rings. The van der Waals surface area contributed by atoms with E-state index in [2.05, 4.69) is 5.92 Å². The van der Waals surface area contributed by atoms with Crippen molar-refractivity contribution in [1.82, 2.24) is 10.8 Å². The molecule has 8 heteroatoms. The first-order valence-electron chi connectivity index (χ1n) is 6.06. The van der Waals surface area contributed by atoms with Crippen molar-refractivity contribution in [3.8, 4) is 12.3 Å². The molecule has 0 radical (unpaired) electrons. The van der Waals surface area contributed by atoms with E-state index in [1.165, 1.54) is 24.3 Å². The molecule has 6 nitrogen and oxygen atoms in total. The highest BCUT2D eigenvalue weighted by Gasteiger charge is 2.46. The number of hydrogen-bond donors (Lipinski definition) is 4. The third-order valence-electron chi connectivity index (χ3n) is 2.99. The third-order valence-corrected chi connectivity index (χ3v) is 2.99. The summed E-state index contributed by atoms with van der Waals surface area (Å²) in [5.74, 6) is 0.0657. The first-order valence-corrected chi connectivity index (χ1v) is 6.06. The highest BCUT2D eigenvalue weighted by molar-refractivity contribution is 5.97. The molecule has 2 unspecified atom stereocenters. The number of hydrogen-bond acceptors (Lipinski definition) is 4. The normalized spacial score (nSPS) is 14.6. The van der Waals surface area contributed by atoms with Gasteiger partial charge in [0.05, 0.1) is 0 Å². The van der Waals surface area contributed by atoms with Crippen LogP contribution in [-0.2, 0) is 4.79 Å². The number of nitrogens with one attached hydrogen (secondary N) is 2. The fourth-order valence-corrected chi connectivity index (χ4v) is 1.60. The molecule has 118 valence electrons. The molecule has 22 heavy (non-hydrogen) atoms. The van der Waals surface area contributed by atoms with E-state index >= 15 is 0 Å². The van der Waals surface area contributed by atoms with Crippen LogP contribution >= 0.6 is 0 Å². The van der Waals surface area contributed by atoms with Crippen LogP contribution in [0.15, 0.2) is 24.3 Å². The van der Waals surface area contributed by atoms with Gasteiger partial charge in [-0.2, -0.15) is 0 Å². The first kappa shape index (κ1) is 17.6. The van der Waals surface area contributed by atoms with Crippen LogP contribution in [0.25, 0.3) is 0 Å². The van der Waals surface area contributed by atoms with Gasteiger partial charge in [-0.15, -0.1) is 6.42 Å². The molecule has 0 saturated heterocycles. The number of terminal acetylenes is 1. The quantitative estimate of drug-likeness (QED) is 0.357. The summed E-state index contributed by atoms with van der Waals surface area (Å²) in [4.78, 5) is 23.4. The maximum Gasteiger partial charge on any atom is 0.269 e. The topological polar surface area (TPSA) is 98.7 Å². The van der Waals surface area contributed by atoms with E-state index in [9.17, 15) is 23.5 Å². The predicted octanol–water partition coefficient (Wildman–Crippen LogP) is 0.288. The number of amides is 2.